The molecule has 0 unspecified atom stereocenters. The summed E-state index contributed by atoms with van der Waals surface area (Å²) in [7, 11) is 3.28. The van der Waals surface area contributed by atoms with Gasteiger partial charge in [-0.2, -0.15) is 0 Å². The lowest BCUT2D eigenvalue weighted by Gasteiger charge is -2.32. The third-order valence-corrected chi connectivity index (χ3v) is 13.4. The molecule has 2 saturated heterocycles. The quantitative estimate of drug-likeness (QED) is 0.109. The number of likely N-dealkylation sites (N-methyl/N-ethyl adjacent to an activating group) is 2. The number of likely N-dealkylation sites (tertiary alicyclic amines) is 2. The number of carbonyl (C=O) groups excluding carboxylic acids is 7. The minimum Gasteiger partial charge on any atom is -0.347 e. The Balaban J connectivity index is 1.04. The van der Waals surface area contributed by atoms with Gasteiger partial charge < -0.3 is 52.3 Å². The van der Waals surface area contributed by atoms with Gasteiger partial charge in [0.05, 0.1) is 24.2 Å². The maximum atomic E-state index is 14.1. The summed E-state index contributed by atoms with van der Waals surface area (Å²) >= 11 is 0. The van der Waals surface area contributed by atoms with Crippen LogP contribution in [0.1, 0.15) is 112 Å². The predicted molar refractivity (Wildman–Crippen MR) is 242 cm³/mol. The van der Waals surface area contributed by atoms with Gasteiger partial charge in [0.2, 0.25) is 35.4 Å². The fourth-order valence-electron chi connectivity index (χ4n) is 9.44. The van der Waals surface area contributed by atoms with Gasteiger partial charge in [0.15, 0.2) is 0 Å². The first-order chi connectivity index (χ1) is 30.9. The van der Waals surface area contributed by atoms with Crippen molar-refractivity contribution in [2.24, 2.45) is 0 Å². The number of aryl methyl sites for hydroxylation is 2. The summed E-state index contributed by atoms with van der Waals surface area (Å²) in [6.45, 7) is 4.09. The monoisotopic (exact) mass is 885 g/mol. The molecule has 4 aliphatic rings. The van der Waals surface area contributed by atoms with Crippen molar-refractivity contribution in [3.63, 3.8) is 0 Å². The number of benzene rings is 2. The highest BCUT2D eigenvalue weighted by Crippen LogP contribution is 2.32. The highest BCUT2D eigenvalue weighted by atomic mass is 16.2. The number of hydrogen-bond acceptors (Lipinski definition) is 9. The van der Waals surface area contributed by atoms with Crippen LogP contribution in [-0.4, -0.2) is 128 Å². The van der Waals surface area contributed by atoms with Crippen molar-refractivity contribution < 1.29 is 33.6 Å². The lowest BCUT2D eigenvalue weighted by molar-refractivity contribution is -0.142. The molecule has 8 atom stereocenters. The lowest BCUT2D eigenvalue weighted by Crippen LogP contribution is -2.57. The Morgan fingerprint density at radius 2 is 0.984 bits per heavy atom. The van der Waals surface area contributed by atoms with Crippen LogP contribution in [0.2, 0.25) is 0 Å². The Labute approximate surface area is 376 Å². The zero-order valence-electron chi connectivity index (χ0n) is 37.8. The van der Waals surface area contributed by atoms with Gasteiger partial charge in [0, 0.05) is 26.2 Å². The normalized spacial score (nSPS) is 22.1. The molecule has 0 bridgehead atoms. The fraction of sp³-hybridized carbons (Fsp3) is 0.596. The van der Waals surface area contributed by atoms with Gasteiger partial charge in [0.1, 0.15) is 24.2 Å². The highest BCUT2D eigenvalue weighted by Gasteiger charge is 2.41. The van der Waals surface area contributed by atoms with E-state index in [1.165, 1.54) is 11.1 Å². The number of amides is 8. The van der Waals surface area contributed by atoms with E-state index in [-0.39, 0.29) is 49.8 Å². The molecule has 348 valence electrons. The molecule has 17 heteroatoms. The Morgan fingerprint density at radius 3 is 1.39 bits per heavy atom. The van der Waals surface area contributed by atoms with E-state index in [1.54, 1.807) is 37.7 Å². The van der Waals surface area contributed by atoms with Crippen LogP contribution in [0.3, 0.4) is 0 Å². The number of nitrogens with one attached hydrogen (secondary N) is 8. The van der Waals surface area contributed by atoms with Crippen molar-refractivity contribution in [1.29, 1.82) is 0 Å². The fourth-order valence-corrected chi connectivity index (χ4v) is 9.44. The summed E-state index contributed by atoms with van der Waals surface area (Å²) in [5, 5.41) is 23.3. The molecule has 8 amide bonds. The first-order valence-corrected chi connectivity index (χ1v) is 23.2. The number of carbonyl (C=O) groups is 7. The number of urea groups is 1. The number of rotatable bonds is 18. The second-order valence-corrected chi connectivity index (χ2v) is 17.6. The van der Waals surface area contributed by atoms with Crippen LogP contribution < -0.4 is 42.5 Å². The summed E-state index contributed by atoms with van der Waals surface area (Å²) in [6.07, 6.45) is 7.83. The summed E-state index contributed by atoms with van der Waals surface area (Å²) in [4.78, 5) is 98.1. The van der Waals surface area contributed by atoms with E-state index in [9.17, 15) is 33.6 Å². The molecule has 0 spiro atoms. The first kappa shape index (κ1) is 47.9. The Morgan fingerprint density at radius 1 is 0.578 bits per heavy atom. The van der Waals surface area contributed by atoms with Crippen LogP contribution in [0.15, 0.2) is 48.5 Å². The zero-order valence-corrected chi connectivity index (χ0v) is 37.8. The lowest BCUT2D eigenvalue weighted by atomic mass is 9.87. The average Bonchev–Trinajstić information content (AvgIpc) is 4.02. The van der Waals surface area contributed by atoms with Crippen LogP contribution in [0.4, 0.5) is 4.79 Å². The van der Waals surface area contributed by atoms with Gasteiger partial charge in [0.25, 0.3) is 0 Å². The molecule has 8 N–H and O–H groups in total. The summed E-state index contributed by atoms with van der Waals surface area (Å²) in [5.41, 5.74) is 4.64. The largest absolute Gasteiger partial charge is 0.347 e. The molecule has 0 aromatic heterocycles. The standard InChI is InChI=1S/C47H68N10O7/c1-29(48-3)41(58)54-37(45(62)56-27-11-21-39(56)43(60)52-35-19-9-15-31-13-5-7-17-33(31)35)23-25-50-47(64)51-26-24-38(55-42(59)30(2)49-4)46(63)57-28-12-22-40(57)44(61)53-36-20-10-16-32-14-6-8-18-34(32)36/h5-8,13-14,17-18,29-30,35-40,48-49H,9-12,15-16,19-28H2,1-4H3,(H,52,60)(H,53,61)(H,54,58)(H,55,59)(H2,50,51,64)/t29-,30-,35+,36+,37-,38-,39-,40-/m0/s1. The van der Waals surface area contributed by atoms with E-state index in [1.807, 2.05) is 36.4 Å². The SMILES string of the molecule is CN[C@@H](C)C(=O)N[C@@H](CCNC(=O)NCC[C@H](NC(=O)[C@H](C)NC)C(=O)N1CCC[C@H]1C(=O)N[C@@H]1CCCc2ccccc21)C(=O)N1CCC[C@H]1C(=O)N[C@@H]1CCCc2ccccc21. The van der Waals surface area contributed by atoms with Crippen molar-refractivity contribution in [2.75, 3.05) is 40.3 Å². The summed E-state index contributed by atoms with van der Waals surface area (Å²) in [5.74, 6) is -2.03. The summed E-state index contributed by atoms with van der Waals surface area (Å²) in [6, 6.07) is 10.7. The number of nitrogens with zero attached hydrogens (tertiary/aromatic N) is 2. The second-order valence-electron chi connectivity index (χ2n) is 17.6. The molecular formula is C47H68N10O7. The maximum absolute atomic E-state index is 14.1. The van der Waals surface area contributed by atoms with Gasteiger partial charge >= 0.3 is 6.03 Å². The Kier molecular flexibility index (Phi) is 17.1. The van der Waals surface area contributed by atoms with Gasteiger partial charge in [-0.25, -0.2) is 4.79 Å². The molecule has 6 rings (SSSR count). The predicted octanol–water partition coefficient (Wildman–Crippen LogP) is 1.62. The molecule has 2 aliphatic heterocycles. The molecule has 17 nitrogen and oxygen atoms in total. The third-order valence-electron chi connectivity index (χ3n) is 13.4. The molecule has 2 fully saturated rings. The van der Waals surface area contributed by atoms with Crippen LogP contribution in [0.5, 0.6) is 0 Å². The third kappa shape index (κ3) is 12.0. The smallest absolute Gasteiger partial charge is 0.314 e. The summed E-state index contributed by atoms with van der Waals surface area (Å²) < 4.78 is 0. The van der Waals surface area contributed by atoms with Gasteiger partial charge in [-0.15, -0.1) is 0 Å². The van der Waals surface area contributed by atoms with Crippen molar-refractivity contribution >= 4 is 41.5 Å². The zero-order chi connectivity index (χ0) is 45.8. The van der Waals surface area contributed by atoms with Crippen molar-refractivity contribution in [2.45, 2.75) is 139 Å². The van der Waals surface area contributed by atoms with Crippen molar-refractivity contribution in [1.82, 2.24) is 52.3 Å². The first-order valence-electron chi connectivity index (χ1n) is 23.2. The van der Waals surface area contributed by atoms with Crippen molar-refractivity contribution in [3.05, 3.63) is 70.8 Å². The van der Waals surface area contributed by atoms with Crippen LogP contribution >= 0.6 is 0 Å². The minimum atomic E-state index is -1.02. The Bertz CT molecular complexity index is 1860. The van der Waals surface area contributed by atoms with Crippen LogP contribution in [0, 0.1) is 0 Å². The Hall–Kier alpha value is -5.55. The molecular weight excluding hydrogens is 817 g/mol. The highest BCUT2D eigenvalue weighted by molar-refractivity contribution is 5.95. The van der Waals surface area contributed by atoms with Gasteiger partial charge in [-0.05, 0) is 127 Å². The van der Waals surface area contributed by atoms with E-state index in [0.29, 0.717) is 38.8 Å². The average molecular weight is 885 g/mol. The molecule has 64 heavy (non-hydrogen) atoms. The number of hydrogen-bond donors (Lipinski definition) is 8. The molecule has 0 saturated carbocycles. The van der Waals surface area contributed by atoms with E-state index in [0.717, 1.165) is 49.7 Å². The number of fused-ring (bicyclic) bond motifs is 2. The second kappa shape index (κ2) is 22.9. The van der Waals surface area contributed by atoms with E-state index in [2.05, 4.69) is 54.7 Å². The molecule has 0 radical (unpaired) electrons. The maximum Gasteiger partial charge on any atom is 0.314 e. The van der Waals surface area contributed by atoms with Crippen LogP contribution in [-0.2, 0) is 41.6 Å². The van der Waals surface area contributed by atoms with Gasteiger partial charge in [-0.1, -0.05) is 48.5 Å². The van der Waals surface area contributed by atoms with E-state index in [4.69, 9.17) is 0 Å². The van der Waals surface area contributed by atoms with E-state index < -0.39 is 65.9 Å². The molecule has 2 aliphatic carbocycles. The molecule has 2 heterocycles. The van der Waals surface area contributed by atoms with Gasteiger partial charge in [-0.3, -0.25) is 28.8 Å². The molecule has 2 aromatic carbocycles. The minimum absolute atomic E-state index is 0.00876. The van der Waals surface area contributed by atoms with Crippen LogP contribution in [0.25, 0.3) is 0 Å². The topological polar surface area (TPSA) is 222 Å². The van der Waals surface area contributed by atoms with E-state index >= 15 is 0 Å². The molecule has 2 aromatic rings. The van der Waals surface area contributed by atoms with Crippen molar-refractivity contribution in [3.8, 4) is 0 Å².